The van der Waals surface area contributed by atoms with Gasteiger partial charge in [0.05, 0.1) is 19.3 Å². The molecule has 0 saturated heterocycles. The van der Waals surface area contributed by atoms with E-state index in [1.54, 1.807) is 12.2 Å². The summed E-state index contributed by atoms with van der Waals surface area (Å²) < 4.78 is 4.52. The van der Waals surface area contributed by atoms with Gasteiger partial charge in [-0.1, -0.05) is 74.8 Å². The first-order chi connectivity index (χ1) is 12.1. The van der Waals surface area contributed by atoms with Gasteiger partial charge in [0.25, 0.3) is 0 Å². The van der Waals surface area contributed by atoms with Gasteiger partial charge in [0.15, 0.2) is 0 Å². The molecule has 0 aromatic carbocycles. The summed E-state index contributed by atoms with van der Waals surface area (Å²) in [5.74, 6) is -0.304. The molecular weight excluding hydrogens is 316 g/mol. The second kappa shape index (κ2) is 17.2. The number of carbonyl (C=O) groups is 1. The van der Waals surface area contributed by atoms with Crippen molar-refractivity contribution in [2.24, 2.45) is 0 Å². The zero-order valence-corrected chi connectivity index (χ0v) is 15.6. The van der Waals surface area contributed by atoms with E-state index in [1.807, 2.05) is 24.3 Å². The molecule has 2 N–H and O–H groups in total. The monoisotopic (exact) mass is 350 g/mol. The van der Waals surface area contributed by atoms with Gasteiger partial charge in [-0.3, -0.25) is 4.79 Å². The lowest BCUT2D eigenvalue weighted by Crippen LogP contribution is -2.23. The number of rotatable bonds is 14. The van der Waals surface area contributed by atoms with Gasteiger partial charge in [0.2, 0.25) is 0 Å². The third-order valence-electron chi connectivity index (χ3n) is 3.73. The van der Waals surface area contributed by atoms with E-state index in [9.17, 15) is 15.0 Å². The third kappa shape index (κ3) is 15.6. The van der Waals surface area contributed by atoms with Gasteiger partial charge in [0.1, 0.15) is 0 Å². The Kier molecular flexibility index (Phi) is 16.0. The van der Waals surface area contributed by atoms with Crippen molar-refractivity contribution >= 4 is 5.97 Å². The van der Waals surface area contributed by atoms with Crippen LogP contribution in [0, 0.1) is 0 Å². The molecule has 0 aromatic heterocycles. The van der Waals surface area contributed by atoms with Gasteiger partial charge in [-0.2, -0.15) is 0 Å². The van der Waals surface area contributed by atoms with Crippen molar-refractivity contribution in [3.8, 4) is 0 Å². The van der Waals surface area contributed by atoms with Crippen LogP contribution in [0.5, 0.6) is 0 Å². The van der Waals surface area contributed by atoms with E-state index in [0.29, 0.717) is 12.8 Å². The molecule has 0 radical (unpaired) electrons. The standard InChI is InChI=1S/C21H34O4/c1-3-4-5-6-7-8-9-10-11-12-13-14-16-19(22)20(23)17-15-18-21(24)25-2/h8-14,16,19-20,22-23H,3-7,15,17-18H2,1-2H3/b9-8+,11-10+,13-12+,16-14+/t19-,20+/m1/s1. The Labute approximate surface area is 152 Å². The molecule has 0 saturated carbocycles. The summed E-state index contributed by atoms with van der Waals surface area (Å²) in [5.41, 5.74) is 0. The van der Waals surface area contributed by atoms with Gasteiger partial charge in [-0.25, -0.2) is 0 Å². The van der Waals surface area contributed by atoms with Crippen LogP contribution in [0.2, 0.25) is 0 Å². The molecule has 0 rings (SSSR count). The van der Waals surface area contributed by atoms with Crippen LogP contribution in [0.3, 0.4) is 0 Å². The molecule has 0 bridgehead atoms. The fourth-order valence-corrected chi connectivity index (χ4v) is 2.15. The van der Waals surface area contributed by atoms with E-state index in [2.05, 4.69) is 17.7 Å². The molecule has 0 spiro atoms. The highest BCUT2D eigenvalue weighted by atomic mass is 16.5. The highest BCUT2D eigenvalue weighted by Crippen LogP contribution is 2.07. The molecule has 2 atom stereocenters. The Morgan fingerprint density at radius 2 is 1.64 bits per heavy atom. The van der Waals surface area contributed by atoms with E-state index >= 15 is 0 Å². The lowest BCUT2D eigenvalue weighted by molar-refractivity contribution is -0.140. The SMILES string of the molecule is CCCCCC/C=C/C=C/C=C/C=C/[C@@H](O)[C@@H](O)CCCC(=O)OC. The van der Waals surface area contributed by atoms with Crippen LogP contribution in [0.25, 0.3) is 0 Å². The van der Waals surface area contributed by atoms with E-state index in [1.165, 1.54) is 38.9 Å². The first kappa shape index (κ1) is 23.4. The van der Waals surface area contributed by atoms with Crippen molar-refractivity contribution in [2.75, 3.05) is 7.11 Å². The van der Waals surface area contributed by atoms with Gasteiger partial charge in [-0.15, -0.1) is 0 Å². The summed E-state index contributed by atoms with van der Waals surface area (Å²) in [6.45, 7) is 2.21. The maximum absolute atomic E-state index is 11.0. The molecule has 0 unspecified atom stereocenters. The second-order valence-corrected chi connectivity index (χ2v) is 5.96. The smallest absolute Gasteiger partial charge is 0.305 e. The summed E-state index contributed by atoms with van der Waals surface area (Å²) in [4.78, 5) is 11.0. The van der Waals surface area contributed by atoms with E-state index in [4.69, 9.17) is 0 Å². The average Bonchev–Trinajstić information content (AvgIpc) is 2.62. The predicted octanol–water partition coefficient (Wildman–Crippen LogP) is 4.25. The molecule has 0 aromatic rings. The number of hydrogen-bond donors (Lipinski definition) is 2. The predicted molar refractivity (Wildman–Crippen MR) is 103 cm³/mol. The van der Waals surface area contributed by atoms with E-state index in [-0.39, 0.29) is 12.4 Å². The van der Waals surface area contributed by atoms with Crippen LogP contribution in [-0.2, 0) is 9.53 Å². The fraction of sp³-hybridized carbons (Fsp3) is 0.571. The lowest BCUT2D eigenvalue weighted by atomic mass is 10.1. The summed E-state index contributed by atoms with van der Waals surface area (Å²) in [6, 6.07) is 0. The summed E-state index contributed by atoms with van der Waals surface area (Å²) in [7, 11) is 1.33. The van der Waals surface area contributed by atoms with Crippen molar-refractivity contribution < 1.29 is 19.7 Å². The summed E-state index contributed by atoms with van der Waals surface area (Å²) in [6.07, 6.45) is 20.5. The molecule has 0 amide bonds. The average molecular weight is 350 g/mol. The molecule has 4 heteroatoms. The largest absolute Gasteiger partial charge is 0.469 e. The Hall–Kier alpha value is -1.65. The molecule has 0 heterocycles. The van der Waals surface area contributed by atoms with Crippen LogP contribution >= 0.6 is 0 Å². The van der Waals surface area contributed by atoms with Crippen molar-refractivity contribution in [3.63, 3.8) is 0 Å². The van der Waals surface area contributed by atoms with Crippen molar-refractivity contribution in [3.05, 3.63) is 48.6 Å². The molecule has 0 aliphatic carbocycles. The van der Waals surface area contributed by atoms with Crippen LogP contribution < -0.4 is 0 Å². The highest BCUT2D eigenvalue weighted by Gasteiger charge is 2.13. The van der Waals surface area contributed by atoms with Gasteiger partial charge in [-0.05, 0) is 25.7 Å². The van der Waals surface area contributed by atoms with Gasteiger partial charge < -0.3 is 14.9 Å². The van der Waals surface area contributed by atoms with Crippen LogP contribution in [0.4, 0.5) is 0 Å². The molecule has 0 aliphatic heterocycles. The molecule has 0 fully saturated rings. The zero-order chi connectivity index (χ0) is 18.8. The number of hydrogen-bond acceptors (Lipinski definition) is 4. The normalized spacial score (nSPS) is 14.9. The Morgan fingerprint density at radius 3 is 2.32 bits per heavy atom. The topological polar surface area (TPSA) is 66.8 Å². The van der Waals surface area contributed by atoms with E-state index < -0.39 is 12.2 Å². The first-order valence-corrected chi connectivity index (χ1v) is 9.21. The summed E-state index contributed by atoms with van der Waals surface area (Å²) in [5, 5.41) is 19.6. The minimum atomic E-state index is -0.936. The van der Waals surface area contributed by atoms with Crippen LogP contribution in [0.1, 0.15) is 58.3 Å². The number of aliphatic hydroxyl groups is 2. The van der Waals surface area contributed by atoms with E-state index in [0.717, 1.165) is 6.42 Å². The summed E-state index contributed by atoms with van der Waals surface area (Å²) >= 11 is 0. The van der Waals surface area contributed by atoms with Crippen molar-refractivity contribution in [2.45, 2.75) is 70.5 Å². The van der Waals surface area contributed by atoms with Gasteiger partial charge >= 0.3 is 5.97 Å². The molecule has 142 valence electrons. The van der Waals surface area contributed by atoms with Crippen molar-refractivity contribution in [1.29, 1.82) is 0 Å². The number of esters is 1. The second-order valence-electron chi connectivity index (χ2n) is 5.96. The number of aliphatic hydroxyl groups excluding tert-OH is 2. The first-order valence-electron chi connectivity index (χ1n) is 9.21. The number of unbranched alkanes of at least 4 members (excludes halogenated alkanes) is 4. The molecule has 0 aliphatic rings. The van der Waals surface area contributed by atoms with Crippen molar-refractivity contribution in [1.82, 2.24) is 0 Å². The molecule has 25 heavy (non-hydrogen) atoms. The fourth-order valence-electron chi connectivity index (χ4n) is 2.15. The minimum Gasteiger partial charge on any atom is -0.469 e. The maximum Gasteiger partial charge on any atom is 0.305 e. The van der Waals surface area contributed by atoms with Crippen LogP contribution in [0.15, 0.2) is 48.6 Å². The number of carbonyl (C=O) groups excluding carboxylic acids is 1. The highest BCUT2D eigenvalue weighted by molar-refractivity contribution is 5.68. The zero-order valence-electron chi connectivity index (χ0n) is 15.6. The number of ether oxygens (including phenoxy) is 1. The minimum absolute atomic E-state index is 0.251. The molecule has 4 nitrogen and oxygen atoms in total. The lowest BCUT2D eigenvalue weighted by Gasteiger charge is -2.13. The third-order valence-corrected chi connectivity index (χ3v) is 3.73. The Bertz CT molecular complexity index is 435. The Balaban J connectivity index is 3.85. The quantitative estimate of drug-likeness (QED) is 0.279. The molecular formula is C21H34O4. The number of methoxy groups -OCH3 is 1. The maximum atomic E-state index is 11.0. The van der Waals surface area contributed by atoms with Crippen LogP contribution in [-0.4, -0.2) is 35.5 Å². The number of allylic oxidation sites excluding steroid dienone is 7. The van der Waals surface area contributed by atoms with Gasteiger partial charge in [0, 0.05) is 6.42 Å². The Morgan fingerprint density at radius 1 is 0.960 bits per heavy atom.